The number of likely N-dealkylation sites (tertiary alicyclic amines) is 1. The molecule has 2 atom stereocenters. The summed E-state index contributed by atoms with van der Waals surface area (Å²) in [6.07, 6.45) is 5.72. The van der Waals surface area contributed by atoms with Crippen molar-refractivity contribution in [2.75, 3.05) is 13.1 Å². The van der Waals surface area contributed by atoms with Crippen LogP contribution in [0.5, 0.6) is 0 Å². The summed E-state index contributed by atoms with van der Waals surface area (Å²) in [7, 11) is 0. The van der Waals surface area contributed by atoms with Crippen molar-refractivity contribution in [2.24, 2.45) is 11.7 Å². The van der Waals surface area contributed by atoms with Crippen LogP contribution in [-0.2, 0) is 4.79 Å². The van der Waals surface area contributed by atoms with Crippen LogP contribution >= 0.6 is 0 Å². The molecular weight excluding hydrogens is 204 g/mol. The van der Waals surface area contributed by atoms with E-state index < -0.39 is 0 Å². The lowest BCUT2D eigenvalue weighted by molar-refractivity contribution is -0.119. The number of nitrogens with zero attached hydrogens (tertiary/aromatic N) is 1. The standard InChI is InChI=1S/C12H22N2O2/c13-12(16)8-9-4-6-14(7-5-9)10-2-1-3-11(10)15/h9-11,15H,1-8H2,(H2,13,16). The number of carbonyl (C=O) groups is 1. The normalized spacial score (nSPS) is 33.1. The second-order valence-corrected chi connectivity index (χ2v) is 5.22. The van der Waals surface area contributed by atoms with Gasteiger partial charge in [0, 0.05) is 12.5 Å². The molecule has 2 aliphatic rings. The average molecular weight is 226 g/mol. The third-order valence-corrected chi connectivity index (χ3v) is 4.05. The molecule has 2 fully saturated rings. The number of hydrogen-bond acceptors (Lipinski definition) is 3. The number of nitrogens with two attached hydrogens (primary N) is 1. The maximum atomic E-state index is 10.8. The Hall–Kier alpha value is -0.610. The van der Waals surface area contributed by atoms with Gasteiger partial charge in [0.1, 0.15) is 0 Å². The Morgan fingerprint density at radius 1 is 1.25 bits per heavy atom. The molecule has 92 valence electrons. The van der Waals surface area contributed by atoms with Crippen molar-refractivity contribution < 1.29 is 9.90 Å². The molecule has 1 saturated carbocycles. The minimum Gasteiger partial charge on any atom is -0.391 e. The predicted octanol–water partition coefficient (Wildman–Crippen LogP) is 0.487. The zero-order valence-corrected chi connectivity index (χ0v) is 9.77. The minimum atomic E-state index is -0.181. The second kappa shape index (κ2) is 5.15. The molecule has 1 aliphatic heterocycles. The van der Waals surface area contributed by atoms with Gasteiger partial charge in [-0.1, -0.05) is 0 Å². The van der Waals surface area contributed by atoms with E-state index in [4.69, 9.17) is 5.73 Å². The van der Waals surface area contributed by atoms with Crippen LogP contribution in [0, 0.1) is 5.92 Å². The molecule has 4 nitrogen and oxygen atoms in total. The first-order valence-electron chi connectivity index (χ1n) is 6.37. The van der Waals surface area contributed by atoms with Crippen LogP contribution in [0.25, 0.3) is 0 Å². The van der Waals surface area contributed by atoms with Gasteiger partial charge in [0.25, 0.3) is 0 Å². The summed E-state index contributed by atoms with van der Waals surface area (Å²) in [5, 5.41) is 9.84. The summed E-state index contributed by atoms with van der Waals surface area (Å²) in [6, 6.07) is 0.370. The van der Waals surface area contributed by atoms with Crippen LogP contribution in [0.4, 0.5) is 0 Å². The number of aliphatic hydroxyl groups excluding tert-OH is 1. The molecule has 0 aromatic heterocycles. The van der Waals surface area contributed by atoms with E-state index in [2.05, 4.69) is 4.90 Å². The lowest BCUT2D eigenvalue weighted by atomic mass is 9.92. The van der Waals surface area contributed by atoms with E-state index in [9.17, 15) is 9.90 Å². The molecule has 0 radical (unpaired) electrons. The van der Waals surface area contributed by atoms with Gasteiger partial charge < -0.3 is 10.8 Å². The van der Waals surface area contributed by atoms with Crippen molar-refractivity contribution in [2.45, 2.75) is 50.7 Å². The van der Waals surface area contributed by atoms with E-state index >= 15 is 0 Å². The number of aliphatic hydroxyl groups is 1. The van der Waals surface area contributed by atoms with Crippen molar-refractivity contribution in [3.63, 3.8) is 0 Å². The van der Waals surface area contributed by atoms with Crippen LogP contribution in [0.3, 0.4) is 0 Å². The zero-order chi connectivity index (χ0) is 11.5. The molecule has 16 heavy (non-hydrogen) atoms. The molecule has 0 bridgehead atoms. The first-order chi connectivity index (χ1) is 7.66. The molecule has 4 heteroatoms. The number of primary amides is 1. The van der Waals surface area contributed by atoms with Crippen LogP contribution in [-0.4, -0.2) is 41.1 Å². The van der Waals surface area contributed by atoms with Gasteiger partial charge in [0.05, 0.1) is 6.10 Å². The quantitative estimate of drug-likeness (QED) is 0.736. The summed E-state index contributed by atoms with van der Waals surface area (Å²) >= 11 is 0. The van der Waals surface area contributed by atoms with Gasteiger partial charge in [-0.05, 0) is 51.1 Å². The first kappa shape index (κ1) is 11.9. The third kappa shape index (κ3) is 2.74. The largest absolute Gasteiger partial charge is 0.391 e. The highest BCUT2D eigenvalue weighted by atomic mass is 16.3. The van der Waals surface area contributed by atoms with Crippen molar-refractivity contribution in [1.82, 2.24) is 4.90 Å². The van der Waals surface area contributed by atoms with Crippen LogP contribution in [0.15, 0.2) is 0 Å². The van der Waals surface area contributed by atoms with E-state index in [1.165, 1.54) is 0 Å². The fourth-order valence-electron chi connectivity index (χ4n) is 3.12. The lowest BCUT2D eigenvalue weighted by Gasteiger charge is -2.37. The molecule has 1 amide bonds. The van der Waals surface area contributed by atoms with Crippen molar-refractivity contribution in [3.05, 3.63) is 0 Å². The number of amides is 1. The molecule has 0 aromatic carbocycles. The van der Waals surface area contributed by atoms with Crippen LogP contribution in [0.1, 0.15) is 38.5 Å². The van der Waals surface area contributed by atoms with E-state index in [-0.39, 0.29) is 12.0 Å². The van der Waals surface area contributed by atoms with E-state index in [0.29, 0.717) is 18.4 Å². The fraction of sp³-hybridized carbons (Fsp3) is 0.917. The molecule has 2 unspecified atom stereocenters. The van der Waals surface area contributed by atoms with Gasteiger partial charge in [-0.2, -0.15) is 0 Å². The van der Waals surface area contributed by atoms with E-state index in [1.807, 2.05) is 0 Å². The number of piperidine rings is 1. The highest BCUT2D eigenvalue weighted by Gasteiger charge is 2.32. The zero-order valence-electron chi connectivity index (χ0n) is 9.77. The molecule has 0 spiro atoms. The highest BCUT2D eigenvalue weighted by molar-refractivity contribution is 5.73. The Balaban J connectivity index is 1.78. The predicted molar refractivity (Wildman–Crippen MR) is 61.8 cm³/mol. The Bertz CT molecular complexity index is 249. The molecule has 2 rings (SSSR count). The van der Waals surface area contributed by atoms with Crippen molar-refractivity contribution in [3.8, 4) is 0 Å². The number of carbonyl (C=O) groups excluding carboxylic acids is 1. The fourth-order valence-corrected chi connectivity index (χ4v) is 3.12. The monoisotopic (exact) mass is 226 g/mol. The molecule has 0 aromatic rings. The first-order valence-corrected chi connectivity index (χ1v) is 6.37. The van der Waals surface area contributed by atoms with Gasteiger partial charge in [0.15, 0.2) is 0 Å². The summed E-state index contributed by atoms with van der Waals surface area (Å²) in [4.78, 5) is 13.2. The lowest BCUT2D eigenvalue weighted by Crippen LogP contribution is -2.45. The topological polar surface area (TPSA) is 66.6 Å². The van der Waals surface area contributed by atoms with Crippen molar-refractivity contribution >= 4 is 5.91 Å². The second-order valence-electron chi connectivity index (χ2n) is 5.22. The van der Waals surface area contributed by atoms with Gasteiger partial charge >= 0.3 is 0 Å². The molecule has 3 N–H and O–H groups in total. The van der Waals surface area contributed by atoms with Crippen LogP contribution in [0.2, 0.25) is 0 Å². The summed E-state index contributed by atoms with van der Waals surface area (Å²) in [6.45, 7) is 2.03. The summed E-state index contributed by atoms with van der Waals surface area (Å²) in [5.41, 5.74) is 5.21. The Morgan fingerprint density at radius 3 is 2.44 bits per heavy atom. The highest BCUT2D eigenvalue weighted by Crippen LogP contribution is 2.29. The molecule has 1 saturated heterocycles. The van der Waals surface area contributed by atoms with Gasteiger partial charge in [-0.25, -0.2) is 0 Å². The summed E-state index contributed by atoms with van der Waals surface area (Å²) < 4.78 is 0. The maximum absolute atomic E-state index is 10.8. The molecular formula is C12H22N2O2. The average Bonchev–Trinajstić information content (AvgIpc) is 2.65. The van der Waals surface area contributed by atoms with E-state index in [0.717, 1.165) is 45.2 Å². The smallest absolute Gasteiger partial charge is 0.217 e. The van der Waals surface area contributed by atoms with Gasteiger partial charge in [-0.15, -0.1) is 0 Å². The summed E-state index contributed by atoms with van der Waals surface area (Å²) in [5.74, 6) is 0.284. The maximum Gasteiger partial charge on any atom is 0.217 e. The Labute approximate surface area is 96.8 Å². The molecule has 1 heterocycles. The van der Waals surface area contributed by atoms with Gasteiger partial charge in [0.2, 0.25) is 5.91 Å². The number of hydrogen-bond donors (Lipinski definition) is 2. The Morgan fingerprint density at radius 2 is 1.94 bits per heavy atom. The van der Waals surface area contributed by atoms with Crippen LogP contribution < -0.4 is 5.73 Å². The third-order valence-electron chi connectivity index (χ3n) is 4.05. The van der Waals surface area contributed by atoms with Gasteiger partial charge in [-0.3, -0.25) is 9.69 Å². The SMILES string of the molecule is NC(=O)CC1CCN(C2CCCC2O)CC1. The number of rotatable bonds is 3. The van der Waals surface area contributed by atoms with Crippen molar-refractivity contribution in [1.29, 1.82) is 0 Å². The Kier molecular flexibility index (Phi) is 3.82. The molecule has 1 aliphatic carbocycles. The van der Waals surface area contributed by atoms with E-state index in [1.54, 1.807) is 0 Å². The minimum absolute atomic E-state index is 0.132.